The van der Waals surface area contributed by atoms with E-state index in [1.807, 2.05) is 6.92 Å². The Kier molecular flexibility index (Phi) is 4.90. The molecule has 35 heavy (non-hydrogen) atoms. The molecule has 6 rings (SSSR count). The molecular formula is C27H17BrClNO5. The fraction of sp³-hybridized carbons (Fsp3) is 0.185. The maximum Gasteiger partial charge on any atom is 0.241 e. The summed E-state index contributed by atoms with van der Waals surface area (Å²) in [6, 6.07) is 18.5. The summed E-state index contributed by atoms with van der Waals surface area (Å²) in [6.45, 7) is 1.84. The predicted octanol–water partition coefficient (Wildman–Crippen LogP) is 5.11. The number of imide groups is 1. The lowest BCUT2D eigenvalue weighted by Crippen LogP contribution is -2.51. The number of amides is 2. The van der Waals surface area contributed by atoms with Gasteiger partial charge in [-0.3, -0.25) is 19.2 Å². The summed E-state index contributed by atoms with van der Waals surface area (Å²) < 4.78 is 7.08. The Morgan fingerprint density at radius 2 is 1.51 bits per heavy atom. The van der Waals surface area contributed by atoms with Gasteiger partial charge in [-0.1, -0.05) is 70.0 Å². The van der Waals surface area contributed by atoms with Crippen LogP contribution in [0.2, 0.25) is 5.02 Å². The van der Waals surface area contributed by atoms with E-state index in [9.17, 15) is 19.2 Å². The van der Waals surface area contributed by atoms with Crippen molar-refractivity contribution < 1.29 is 23.9 Å². The average molecular weight is 551 g/mol. The third-order valence-electron chi connectivity index (χ3n) is 7.06. The zero-order valence-corrected chi connectivity index (χ0v) is 20.7. The van der Waals surface area contributed by atoms with E-state index in [4.69, 9.17) is 16.3 Å². The molecule has 0 aromatic heterocycles. The van der Waals surface area contributed by atoms with Crippen LogP contribution in [0, 0.1) is 18.8 Å². The number of carbonyl (C=O) groups is 4. The highest BCUT2D eigenvalue weighted by atomic mass is 79.9. The van der Waals surface area contributed by atoms with Crippen LogP contribution in [-0.4, -0.2) is 29.0 Å². The molecule has 1 spiro atoms. The van der Waals surface area contributed by atoms with Crippen LogP contribution in [0.3, 0.4) is 0 Å². The van der Waals surface area contributed by atoms with Crippen molar-refractivity contribution in [1.82, 2.24) is 0 Å². The number of ketones is 2. The number of anilines is 1. The molecule has 0 radical (unpaired) electrons. The van der Waals surface area contributed by atoms with Crippen LogP contribution in [0.15, 0.2) is 71.2 Å². The van der Waals surface area contributed by atoms with Crippen LogP contribution < -0.4 is 4.90 Å². The summed E-state index contributed by atoms with van der Waals surface area (Å²) in [4.78, 5) is 56.3. The van der Waals surface area contributed by atoms with Crippen LogP contribution in [0.4, 0.5) is 5.69 Å². The normalized spacial score (nSPS) is 24.4. The lowest BCUT2D eigenvalue weighted by atomic mass is 9.77. The topological polar surface area (TPSA) is 80.8 Å². The number of nitrogens with zero attached hydrogens (tertiary/aromatic N) is 1. The van der Waals surface area contributed by atoms with E-state index in [0.29, 0.717) is 5.56 Å². The molecule has 3 aromatic rings. The molecule has 0 bridgehead atoms. The monoisotopic (exact) mass is 549 g/mol. The Hall–Kier alpha value is -3.13. The fourth-order valence-corrected chi connectivity index (χ4v) is 6.09. The number of carbonyl (C=O) groups excluding carboxylic acids is 4. The second-order valence-electron chi connectivity index (χ2n) is 9.00. The first-order chi connectivity index (χ1) is 16.8. The molecule has 2 heterocycles. The number of hydrogen-bond donors (Lipinski definition) is 0. The van der Waals surface area contributed by atoms with Gasteiger partial charge in [0.15, 0.2) is 0 Å². The Labute approximate surface area is 214 Å². The predicted molar refractivity (Wildman–Crippen MR) is 131 cm³/mol. The van der Waals surface area contributed by atoms with Gasteiger partial charge in [-0.05, 0) is 42.3 Å². The van der Waals surface area contributed by atoms with Crippen molar-refractivity contribution in [3.05, 3.63) is 98.5 Å². The van der Waals surface area contributed by atoms with E-state index in [0.717, 1.165) is 14.9 Å². The van der Waals surface area contributed by atoms with Crippen molar-refractivity contribution in [3.8, 4) is 0 Å². The van der Waals surface area contributed by atoms with Crippen LogP contribution >= 0.6 is 27.5 Å². The Balaban J connectivity index is 1.55. The third kappa shape index (κ3) is 2.92. The number of halogens is 2. The minimum Gasteiger partial charge on any atom is -0.349 e. The van der Waals surface area contributed by atoms with Crippen molar-refractivity contribution in [1.29, 1.82) is 0 Å². The molecule has 8 heteroatoms. The van der Waals surface area contributed by atoms with Crippen molar-refractivity contribution >= 4 is 56.6 Å². The second-order valence-corrected chi connectivity index (χ2v) is 10.3. The summed E-state index contributed by atoms with van der Waals surface area (Å²) in [5, 5.41) is 0.231. The molecule has 2 aliphatic heterocycles. The Morgan fingerprint density at radius 1 is 0.886 bits per heavy atom. The number of fused-ring (bicyclic) bond motifs is 3. The van der Waals surface area contributed by atoms with E-state index >= 15 is 0 Å². The zero-order valence-electron chi connectivity index (χ0n) is 18.3. The summed E-state index contributed by atoms with van der Waals surface area (Å²) >= 11 is 9.82. The van der Waals surface area contributed by atoms with Gasteiger partial charge in [-0.25, -0.2) is 4.90 Å². The van der Waals surface area contributed by atoms with Crippen LogP contribution in [0.25, 0.3) is 0 Å². The first-order valence-electron chi connectivity index (χ1n) is 11.0. The summed E-state index contributed by atoms with van der Waals surface area (Å²) in [5.74, 6) is -4.78. The van der Waals surface area contributed by atoms with Crippen molar-refractivity contribution in [2.24, 2.45) is 11.8 Å². The molecule has 2 saturated heterocycles. The minimum atomic E-state index is -2.11. The number of rotatable bonds is 2. The van der Waals surface area contributed by atoms with Gasteiger partial charge in [0.1, 0.15) is 0 Å². The molecule has 1 aliphatic carbocycles. The van der Waals surface area contributed by atoms with Crippen LogP contribution in [0.1, 0.15) is 37.9 Å². The molecule has 2 amide bonds. The number of benzene rings is 3. The van der Waals surface area contributed by atoms with Crippen LogP contribution in [0.5, 0.6) is 0 Å². The van der Waals surface area contributed by atoms with E-state index in [1.165, 1.54) is 0 Å². The Morgan fingerprint density at radius 3 is 2.11 bits per heavy atom. The third-order valence-corrected chi connectivity index (χ3v) is 7.89. The van der Waals surface area contributed by atoms with E-state index in [2.05, 4.69) is 15.9 Å². The van der Waals surface area contributed by atoms with Gasteiger partial charge >= 0.3 is 0 Å². The highest BCUT2D eigenvalue weighted by Gasteiger charge is 2.74. The maximum absolute atomic E-state index is 13.9. The van der Waals surface area contributed by atoms with E-state index in [1.54, 1.807) is 66.7 Å². The van der Waals surface area contributed by atoms with Gasteiger partial charge < -0.3 is 4.74 Å². The standard InChI is InChI=1S/C27H17BrClNO5/c1-13-6-11-19(18(29)12-13)30-25(33)20-21(26(30)34)27(35-22(20)14-7-9-15(28)10-8-14)23(31)16-4-2-3-5-17(16)24(27)32/h2-12,20-22H,1H3. The van der Waals surface area contributed by atoms with Crippen molar-refractivity contribution in [3.63, 3.8) is 0 Å². The van der Waals surface area contributed by atoms with Crippen molar-refractivity contribution in [2.45, 2.75) is 18.6 Å². The van der Waals surface area contributed by atoms with Gasteiger partial charge in [0.25, 0.3) is 0 Å². The largest absolute Gasteiger partial charge is 0.349 e. The van der Waals surface area contributed by atoms with Crippen molar-refractivity contribution in [2.75, 3.05) is 4.90 Å². The van der Waals surface area contributed by atoms with E-state index < -0.39 is 46.9 Å². The lowest BCUT2D eigenvalue weighted by molar-refractivity contribution is -0.127. The minimum absolute atomic E-state index is 0.194. The first-order valence-corrected chi connectivity index (χ1v) is 12.2. The maximum atomic E-state index is 13.9. The molecule has 174 valence electrons. The highest BCUT2D eigenvalue weighted by molar-refractivity contribution is 9.10. The van der Waals surface area contributed by atoms with Gasteiger partial charge in [-0.15, -0.1) is 0 Å². The first kappa shape index (κ1) is 22.3. The fourth-order valence-electron chi connectivity index (χ4n) is 5.50. The number of ether oxygens (including phenoxy) is 1. The Bertz CT molecular complexity index is 1430. The highest BCUT2D eigenvalue weighted by Crippen LogP contribution is 2.58. The van der Waals surface area contributed by atoms with Gasteiger partial charge in [0, 0.05) is 15.6 Å². The summed E-state index contributed by atoms with van der Waals surface area (Å²) in [6.07, 6.45) is -0.971. The quantitative estimate of drug-likeness (QED) is 0.327. The molecule has 0 saturated carbocycles. The van der Waals surface area contributed by atoms with Gasteiger partial charge in [0.2, 0.25) is 29.0 Å². The SMILES string of the molecule is Cc1ccc(N2C(=O)C3C(c4ccc(Br)cc4)OC4(C(=O)c5ccccc5C4=O)C3C2=O)c(Cl)c1. The summed E-state index contributed by atoms with van der Waals surface area (Å²) in [7, 11) is 0. The van der Waals surface area contributed by atoms with Gasteiger partial charge in [0.05, 0.1) is 28.6 Å². The zero-order chi connectivity index (χ0) is 24.6. The van der Waals surface area contributed by atoms with Gasteiger partial charge in [-0.2, -0.15) is 0 Å². The smallest absolute Gasteiger partial charge is 0.241 e. The number of Topliss-reactive ketones (excluding diaryl/α,β-unsaturated/α-hetero) is 2. The average Bonchev–Trinajstić information content (AvgIpc) is 3.40. The molecule has 2 fully saturated rings. The van der Waals surface area contributed by atoms with Crippen LogP contribution in [-0.2, 0) is 14.3 Å². The molecular weight excluding hydrogens is 534 g/mol. The number of aryl methyl sites for hydroxylation is 1. The molecule has 3 unspecified atom stereocenters. The second kappa shape index (κ2) is 7.68. The lowest BCUT2D eigenvalue weighted by Gasteiger charge is -2.27. The summed E-state index contributed by atoms with van der Waals surface area (Å²) in [5.41, 5.74) is -0.0387. The number of hydrogen-bond acceptors (Lipinski definition) is 5. The van der Waals surface area contributed by atoms with E-state index in [-0.39, 0.29) is 21.8 Å². The molecule has 6 nitrogen and oxygen atoms in total. The molecule has 3 aliphatic rings. The molecule has 0 N–H and O–H groups in total. The molecule has 3 atom stereocenters. The molecule has 3 aromatic carbocycles.